The van der Waals surface area contributed by atoms with Gasteiger partial charge in [0.15, 0.2) is 0 Å². The van der Waals surface area contributed by atoms with Gasteiger partial charge in [-0.05, 0) is 61.6 Å². The molecule has 0 aromatic heterocycles. The number of ether oxygens (including phenoxy) is 1. The summed E-state index contributed by atoms with van der Waals surface area (Å²) >= 11 is 12.3. The van der Waals surface area contributed by atoms with Crippen LogP contribution in [0.2, 0.25) is 10.0 Å². The van der Waals surface area contributed by atoms with Crippen LogP contribution in [-0.2, 0) is 26.2 Å². The van der Waals surface area contributed by atoms with Crippen molar-refractivity contribution in [2.75, 3.05) is 24.2 Å². The monoisotopic (exact) mass is 583 g/mol. The highest BCUT2D eigenvalue weighted by molar-refractivity contribution is 7.92. The molecular formula is C27H35Cl2N3O5S. The summed E-state index contributed by atoms with van der Waals surface area (Å²) in [6.07, 6.45) is 5.29. The number of carbonyl (C=O) groups excluding carboxylic acids is 2. The Morgan fingerprint density at radius 2 is 1.79 bits per heavy atom. The molecule has 0 radical (unpaired) electrons. The topological polar surface area (TPSA) is 96.0 Å². The molecule has 1 saturated carbocycles. The van der Waals surface area contributed by atoms with Crippen molar-refractivity contribution in [3.05, 3.63) is 57.6 Å². The number of rotatable bonds is 11. The Labute approximate surface area is 235 Å². The molecule has 2 aromatic carbocycles. The summed E-state index contributed by atoms with van der Waals surface area (Å²) in [7, 11) is -2.45. The summed E-state index contributed by atoms with van der Waals surface area (Å²) < 4.78 is 32.2. The number of sulfonamides is 1. The van der Waals surface area contributed by atoms with E-state index < -0.39 is 28.5 Å². The highest BCUT2D eigenvalue weighted by atomic mass is 35.5. The molecule has 208 valence electrons. The summed E-state index contributed by atoms with van der Waals surface area (Å²) in [6.45, 7) is 3.19. The molecule has 0 heterocycles. The number of methoxy groups -OCH3 is 1. The van der Waals surface area contributed by atoms with Gasteiger partial charge in [-0.1, -0.05) is 55.1 Å². The molecule has 8 nitrogen and oxygen atoms in total. The van der Waals surface area contributed by atoms with Crippen molar-refractivity contribution >= 4 is 50.7 Å². The molecule has 2 aromatic rings. The Balaban J connectivity index is 1.99. The number of anilines is 1. The third-order valence-corrected chi connectivity index (χ3v) is 8.57. The van der Waals surface area contributed by atoms with Gasteiger partial charge >= 0.3 is 0 Å². The Morgan fingerprint density at radius 3 is 2.37 bits per heavy atom. The first kappa shape index (κ1) is 30.1. The Bertz CT molecular complexity index is 1270. The number of nitrogens with one attached hydrogen (secondary N) is 1. The molecule has 0 unspecified atom stereocenters. The SMILES string of the molecule is CC[C@H](C(=O)NC1CCCC1)N(Cc1ccc(Cl)c(Cl)c1)C(=O)CN(c1cc(C)ccc1OC)S(C)(=O)=O. The number of hydrogen-bond donors (Lipinski definition) is 1. The largest absolute Gasteiger partial charge is 0.495 e. The molecule has 38 heavy (non-hydrogen) atoms. The lowest BCUT2D eigenvalue weighted by Gasteiger charge is -2.33. The molecule has 0 saturated heterocycles. The molecule has 1 aliphatic carbocycles. The fraction of sp³-hybridized carbons (Fsp3) is 0.481. The number of carbonyl (C=O) groups is 2. The van der Waals surface area contributed by atoms with Crippen molar-refractivity contribution in [2.24, 2.45) is 0 Å². The molecule has 3 rings (SSSR count). The highest BCUT2D eigenvalue weighted by Gasteiger charge is 2.33. The van der Waals surface area contributed by atoms with Crippen molar-refractivity contribution < 1.29 is 22.7 Å². The summed E-state index contributed by atoms with van der Waals surface area (Å²) in [4.78, 5) is 28.7. The second kappa shape index (κ2) is 13.0. The van der Waals surface area contributed by atoms with Crippen LogP contribution in [0.4, 0.5) is 5.69 Å². The van der Waals surface area contributed by atoms with Crippen molar-refractivity contribution in [1.82, 2.24) is 10.2 Å². The summed E-state index contributed by atoms with van der Waals surface area (Å²) in [5.41, 5.74) is 1.72. The minimum absolute atomic E-state index is 0.0505. The average Bonchev–Trinajstić information content (AvgIpc) is 3.36. The molecule has 1 atom stereocenters. The second-order valence-corrected chi connectivity index (χ2v) is 12.4. The maximum atomic E-state index is 13.9. The van der Waals surface area contributed by atoms with Gasteiger partial charge in [0.25, 0.3) is 0 Å². The predicted octanol–water partition coefficient (Wildman–Crippen LogP) is 4.94. The smallest absolute Gasteiger partial charge is 0.244 e. The quantitative estimate of drug-likeness (QED) is 0.404. The van der Waals surface area contributed by atoms with Gasteiger partial charge in [0.05, 0.1) is 29.1 Å². The van der Waals surface area contributed by atoms with Crippen molar-refractivity contribution in [1.29, 1.82) is 0 Å². The molecule has 11 heteroatoms. The number of benzene rings is 2. The first-order chi connectivity index (χ1) is 17.9. The van der Waals surface area contributed by atoms with Crippen molar-refractivity contribution in [3.8, 4) is 5.75 Å². The molecule has 1 aliphatic rings. The zero-order valence-electron chi connectivity index (χ0n) is 22.2. The average molecular weight is 585 g/mol. The van der Waals surface area contributed by atoms with E-state index >= 15 is 0 Å². The molecule has 2 amide bonds. The van der Waals surface area contributed by atoms with E-state index in [2.05, 4.69) is 5.32 Å². The first-order valence-electron chi connectivity index (χ1n) is 12.6. The number of halogens is 2. The van der Waals surface area contributed by atoms with Gasteiger partial charge < -0.3 is 15.0 Å². The van der Waals surface area contributed by atoms with Crippen LogP contribution in [0.25, 0.3) is 0 Å². The first-order valence-corrected chi connectivity index (χ1v) is 15.2. The number of nitrogens with zero attached hydrogens (tertiary/aromatic N) is 2. The normalized spacial score (nSPS) is 14.7. The Kier molecular flexibility index (Phi) is 10.3. The maximum Gasteiger partial charge on any atom is 0.244 e. The minimum Gasteiger partial charge on any atom is -0.495 e. The van der Waals surface area contributed by atoms with Crippen LogP contribution in [0.15, 0.2) is 36.4 Å². The molecule has 0 bridgehead atoms. The fourth-order valence-corrected chi connectivity index (χ4v) is 5.88. The second-order valence-electron chi connectivity index (χ2n) is 9.63. The Morgan fingerprint density at radius 1 is 1.11 bits per heavy atom. The zero-order valence-corrected chi connectivity index (χ0v) is 24.5. The van der Waals surface area contributed by atoms with Crippen LogP contribution in [0.5, 0.6) is 5.75 Å². The summed E-state index contributed by atoms with van der Waals surface area (Å²) in [5, 5.41) is 3.77. The van der Waals surface area contributed by atoms with Crippen molar-refractivity contribution in [2.45, 2.75) is 64.6 Å². The van der Waals surface area contributed by atoms with Crippen molar-refractivity contribution in [3.63, 3.8) is 0 Å². The van der Waals surface area contributed by atoms with Crippen LogP contribution in [-0.4, -0.2) is 57.1 Å². The lowest BCUT2D eigenvalue weighted by Crippen LogP contribution is -2.53. The fourth-order valence-electron chi connectivity index (χ4n) is 4.71. The van der Waals surface area contributed by atoms with E-state index in [9.17, 15) is 18.0 Å². The Hall–Kier alpha value is -2.49. The molecule has 1 fully saturated rings. The van der Waals surface area contributed by atoms with Gasteiger partial charge in [-0.2, -0.15) is 0 Å². The number of aryl methyl sites for hydroxylation is 1. The third kappa shape index (κ3) is 7.55. The van der Waals surface area contributed by atoms with E-state index in [4.69, 9.17) is 27.9 Å². The van der Waals surface area contributed by atoms with Crippen LogP contribution in [0, 0.1) is 6.92 Å². The maximum absolute atomic E-state index is 13.9. The zero-order chi connectivity index (χ0) is 28.0. The van der Waals surface area contributed by atoms with Crippen LogP contribution in [0.1, 0.15) is 50.2 Å². The summed E-state index contributed by atoms with van der Waals surface area (Å²) in [6, 6.07) is 9.37. The molecule has 1 N–H and O–H groups in total. The van der Waals surface area contributed by atoms with Crippen LogP contribution >= 0.6 is 23.2 Å². The lowest BCUT2D eigenvalue weighted by molar-refractivity contribution is -0.140. The van der Waals surface area contributed by atoms with Gasteiger partial charge in [-0.3, -0.25) is 13.9 Å². The van der Waals surface area contributed by atoms with Crippen LogP contribution in [0.3, 0.4) is 0 Å². The lowest BCUT2D eigenvalue weighted by atomic mass is 10.1. The van der Waals surface area contributed by atoms with E-state index in [-0.39, 0.29) is 24.2 Å². The van der Waals surface area contributed by atoms with Gasteiger partial charge in [0.2, 0.25) is 21.8 Å². The standard InChI is InChI=1S/C27H35Cl2N3O5S/c1-5-23(27(34)30-20-8-6-7-9-20)31(16-19-11-12-21(28)22(29)15-19)26(33)17-32(38(4,35)36)24-14-18(2)10-13-25(24)37-3/h10-15,20,23H,5-9,16-17H2,1-4H3,(H,30,34)/t23-/m1/s1. The molecule has 0 spiro atoms. The summed E-state index contributed by atoms with van der Waals surface area (Å²) in [5.74, 6) is -0.471. The van der Waals surface area contributed by atoms with E-state index in [1.807, 2.05) is 13.8 Å². The minimum atomic E-state index is -3.89. The van der Waals surface area contributed by atoms with E-state index in [1.54, 1.807) is 36.4 Å². The molecular weight excluding hydrogens is 549 g/mol. The van der Waals surface area contributed by atoms with E-state index in [0.717, 1.165) is 41.8 Å². The van der Waals surface area contributed by atoms with Gasteiger partial charge in [-0.15, -0.1) is 0 Å². The van der Waals surface area contributed by atoms with Gasteiger partial charge in [-0.25, -0.2) is 8.42 Å². The number of amides is 2. The van der Waals surface area contributed by atoms with E-state index in [0.29, 0.717) is 27.8 Å². The predicted molar refractivity (Wildman–Crippen MR) is 151 cm³/mol. The van der Waals surface area contributed by atoms with Gasteiger partial charge in [0, 0.05) is 12.6 Å². The highest BCUT2D eigenvalue weighted by Crippen LogP contribution is 2.31. The van der Waals surface area contributed by atoms with Gasteiger partial charge in [0.1, 0.15) is 18.3 Å². The van der Waals surface area contributed by atoms with Crippen LogP contribution < -0.4 is 14.4 Å². The molecule has 0 aliphatic heterocycles. The van der Waals surface area contributed by atoms with E-state index in [1.165, 1.54) is 12.0 Å². The number of hydrogen-bond acceptors (Lipinski definition) is 5. The third-order valence-electron chi connectivity index (χ3n) is 6.71.